The second-order valence-corrected chi connectivity index (χ2v) is 3.83. The predicted molar refractivity (Wildman–Crippen MR) is 47.9 cm³/mol. The van der Waals surface area contributed by atoms with E-state index < -0.39 is 0 Å². The van der Waals surface area contributed by atoms with E-state index in [1.165, 1.54) is 10.8 Å². The molecule has 1 aliphatic heterocycles. The first-order valence-corrected chi connectivity index (χ1v) is 4.67. The molecule has 1 heterocycles. The maximum atomic E-state index is 4.32. The summed E-state index contributed by atoms with van der Waals surface area (Å²) in [4.78, 5) is 4.32. The van der Waals surface area contributed by atoms with Crippen LogP contribution in [0.25, 0.3) is 0 Å². The van der Waals surface area contributed by atoms with E-state index in [2.05, 4.69) is 24.2 Å². The van der Waals surface area contributed by atoms with Gasteiger partial charge >= 0.3 is 0 Å². The first kappa shape index (κ1) is 8.08. The van der Waals surface area contributed by atoms with Crippen molar-refractivity contribution in [2.75, 3.05) is 18.8 Å². The third-order valence-electron chi connectivity index (χ3n) is 1.31. The van der Waals surface area contributed by atoms with Gasteiger partial charge in [0.15, 0.2) is 0 Å². The van der Waals surface area contributed by atoms with Gasteiger partial charge in [-0.15, -0.1) is 11.8 Å². The third-order valence-corrected chi connectivity index (χ3v) is 2.30. The molecule has 0 bridgehead atoms. The molecule has 1 aliphatic rings. The standard InChI is InChI=1S/C7H14N2S/c1-6(2)9-5-7-8-3-4-10-7/h6,9H,3-5H2,1-2H3. The number of rotatable bonds is 3. The lowest BCUT2D eigenvalue weighted by Crippen LogP contribution is -2.27. The highest BCUT2D eigenvalue weighted by molar-refractivity contribution is 8.14. The Morgan fingerprint density at radius 1 is 1.70 bits per heavy atom. The number of aliphatic imine (C=N–C) groups is 1. The lowest BCUT2D eigenvalue weighted by atomic mass is 10.4. The first-order chi connectivity index (χ1) is 4.79. The van der Waals surface area contributed by atoms with Crippen molar-refractivity contribution in [3.63, 3.8) is 0 Å². The molecular weight excluding hydrogens is 144 g/mol. The lowest BCUT2D eigenvalue weighted by Gasteiger charge is -2.05. The largest absolute Gasteiger partial charge is 0.308 e. The molecule has 58 valence electrons. The summed E-state index contributed by atoms with van der Waals surface area (Å²) in [6, 6.07) is 0.573. The predicted octanol–water partition coefficient (Wildman–Crippen LogP) is 1.13. The molecular formula is C7H14N2S. The molecule has 0 fully saturated rings. The highest BCUT2D eigenvalue weighted by Gasteiger charge is 2.05. The van der Waals surface area contributed by atoms with Crippen LogP contribution in [-0.2, 0) is 0 Å². The molecule has 0 aromatic heterocycles. The molecule has 1 rings (SSSR count). The molecule has 0 aliphatic carbocycles. The molecule has 10 heavy (non-hydrogen) atoms. The third kappa shape index (κ3) is 2.71. The Morgan fingerprint density at radius 2 is 2.50 bits per heavy atom. The van der Waals surface area contributed by atoms with Crippen LogP contribution in [0, 0.1) is 0 Å². The molecule has 0 atom stereocenters. The van der Waals surface area contributed by atoms with E-state index in [0.29, 0.717) is 6.04 Å². The molecule has 0 saturated carbocycles. The second kappa shape index (κ2) is 3.98. The van der Waals surface area contributed by atoms with Crippen molar-refractivity contribution >= 4 is 16.8 Å². The van der Waals surface area contributed by atoms with Gasteiger partial charge in [-0.05, 0) is 0 Å². The Kier molecular flexibility index (Phi) is 3.22. The molecule has 0 aromatic carbocycles. The minimum Gasteiger partial charge on any atom is -0.308 e. The molecule has 0 radical (unpaired) electrons. The average Bonchev–Trinajstić information content (AvgIpc) is 2.34. The topological polar surface area (TPSA) is 24.4 Å². The van der Waals surface area contributed by atoms with Gasteiger partial charge in [-0.25, -0.2) is 0 Å². The van der Waals surface area contributed by atoms with Crippen molar-refractivity contribution in [1.82, 2.24) is 5.32 Å². The van der Waals surface area contributed by atoms with E-state index in [0.717, 1.165) is 13.1 Å². The van der Waals surface area contributed by atoms with E-state index in [9.17, 15) is 0 Å². The maximum absolute atomic E-state index is 4.32. The first-order valence-electron chi connectivity index (χ1n) is 3.68. The Balaban J connectivity index is 2.13. The van der Waals surface area contributed by atoms with Crippen LogP contribution >= 0.6 is 11.8 Å². The Morgan fingerprint density at radius 3 is 3.00 bits per heavy atom. The van der Waals surface area contributed by atoms with Crippen LogP contribution in [0.5, 0.6) is 0 Å². The zero-order chi connectivity index (χ0) is 7.40. The van der Waals surface area contributed by atoms with Crippen LogP contribution in [0.15, 0.2) is 4.99 Å². The van der Waals surface area contributed by atoms with E-state index in [1.54, 1.807) is 0 Å². The molecule has 0 aromatic rings. The van der Waals surface area contributed by atoms with Gasteiger partial charge in [-0.1, -0.05) is 13.8 Å². The SMILES string of the molecule is CC(C)NCC1=NCCS1. The highest BCUT2D eigenvalue weighted by atomic mass is 32.2. The number of hydrogen-bond acceptors (Lipinski definition) is 3. The summed E-state index contributed by atoms with van der Waals surface area (Å²) in [5, 5.41) is 4.61. The van der Waals surface area contributed by atoms with Crippen LogP contribution in [0.4, 0.5) is 0 Å². The Bertz CT molecular complexity index is 132. The van der Waals surface area contributed by atoms with Crippen LogP contribution in [0.1, 0.15) is 13.8 Å². The normalized spacial score (nSPS) is 18.1. The van der Waals surface area contributed by atoms with Crippen LogP contribution < -0.4 is 5.32 Å². The van der Waals surface area contributed by atoms with E-state index >= 15 is 0 Å². The second-order valence-electron chi connectivity index (χ2n) is 2.66. The van der Waals surface area contributed by atoms with Gasteiger partial charge in [0.05, 0.1) is 5.04 Å². The van der Waals surface area contributed by atoms with Gasteiger partial charge in [-0.2, -0.15) is 0 Å². The molecule has 3 heteroatoms. The summed E-state index contributed by atoms with van der Waals surface area (Å²) in [6.45, 7) is 6.28. The van der Waals surface area contributed by atoms with Crippen molar-refractivity contribution in [3.05, 3.63) is 0 Å². The van der Waals surface area contributed by atoms with Crippen LogP contribution in [-0.4, -0.2) is 29.9 Å². The molecule has 0 spiro atoms. The summed E-state index contributed by atoms with van der Waals surface area (Å²) < 4.78 is 0. The minimum atomic E-state index is 0.573. The van der Waals surface area contributed by atoms with Crippen molar-refractivity contribution in [2.45, 2.75) is 19.9 Å². The van der Waals surface area contributed by atoms with Crippen LogP contribution in [0.2, 0.25) is 0 Å². The Hall–Kier alpha value is -0.0200. The average molecular weight is 158 g/mol. The zero-order valence-electron chi connectivity index (χ0n) is 6.55. The van der Waals surface area contributed by atoms with E-state index in [-0.39, 0.29) is 0 Å². The smallest absolute Gasteiger partial charge is 0.0815 e. The fraction of sp³-hybridized carbons (Fsp3) is 0.857. The summed E-state index contributed by atoms with van der Waals surface area (Å²) in [5.74, 6) is 1.18. The molecule has 1 N–H and O–H groups in total. The monoisotopic (exact) mass is 158 g/mol. The minimum absolute atomic E-state index is 0.573. The van der Waals surface area contributed by atoms with Gasteiger partial charge in [-0.3, -0.25) is 4.99 Å². The fourth-order valence-electron chi connectivity index (χ4n) is 0.778. The number of nitrogens with zero attached hydrogens (tertiary/aromatic N) is 1. The fourth-order valence-corrected chi connectivity index (χ4v) is 1.56. The number of nitrogens with one attached hydrogen (secondary N) is 1. The highest BCUT2D eigenvalue weighted by Crippen LogP contribution is 2.10. The van der Waals surface area contributed by atoms with E-state index in [4.69, 9.17) is 0 Å². The van der Waals surface area contributed by atoms with E-state index in [1.807, 2.05) is 11.8 Å². The number of thioether (sulfide) groups is 1. The van der Waals surface area contributed by atoms with Gasteiger partial charge in [0.2, 0.25) is 0 Å². The number of hydrogen-bond donors (Lipinski definition) is 1. The van der Waals surface area contributed by atoms with Gasteiger partial charge in [0.25, 0.3) is 0 Å². The van der Waals surface area contributed by atoms with Crippen molar-refractivity contribution in [1.29, 1.82) is 0 Å². The summed E-state index contributed by atoms with van der Waals surface area (Å²) in [5.41, 5.74) is 0. The zero-order valence-corrected chi connectivity index (χ0v) is 7.37. The summed E-state index contributed by atoms with van der Waals surface area (Å²) >= 11 is 1.87. The van der Waals surface area contributed by atoms with Gasteiger partial charge < -0.3 is 5.32 Å². The summed E-state index contributed by atoms with van der Waals surface area (Å²) in [7, 11) is 0. The quantitative estimate of drug-likeness (QED) is 0.666. The van der Waals surface area contributed by atoms with Gasteiger partial charge in [0, 0.05) is 24.9 Å². The molecule has 0 saturated heterocycles. The molecule has 0 unspecified atom stereocenters. The van der Waals surface area contributed by atoms with Crippen LogP contribution in [0.3, 0.4) is 0 Å². The maximum Gasteiger partial charge on any atom is 0.0815 e. The lowest BCUT2D eigenvalue weighted by molar-refractivity contribution is 0.645. The Labute approximate surface area is 66.5 Å². The summed E-state index contributed by atoms with van der Waals surface area (Å²) in [6.07, 6.45) is 0. The molecule has 2 nitrogen and oxygen atoms in total. The van der Waals surface area contributed by atoms with Crippen molar-refractivity contribution < 1.29 is 0 Å². The molecule has 0 amide bonds. The van der Waals surface area contributed by atoms with Crippen molar-refractivity contribution in [2.24, 2.45) is 4.99 Å². The van der Waals surface area contributed by atoms with Crippen molar-refractivity contribution in [3.8, 4) is 0 Å². The van der Waals surface area contributed by atoms with Gasteiger partial charge in [0.1, 0.15) is 0 Å².